The van der Waals surface area contributed by atoms with E-state index in [4.69, 9.17) is 4.42 Å². The number of oxazole rings is 1. The molecular weight excluding hydrogens is 291 g/mol. The molecule has 0 bridgehead atoms. The molecule has 0 unspecified atom stereocenters. The van der Waals surface area contributed by atoms with Gasteiger partial charge in [-0.05, 0) is 48.2 Å². The fourth-order valence-electron chi connectivity index (χ4n) is 2.48. The molecule has 0 aliphatic heterocycles. The number of fused-ring (bicyclic) bond motifs is 1. The second kappa shape index (κ2) is 4.60. The van der Waals surface area contributed by atoms with Gasteiger partial charge in [-0.1, -0.05) is 18.2 Å². The number of alkyl halides is 3. The van der Waals surface area contributed by atoms with Crippen molar-refractivity contribution < 1.29 is 17.6 Å². The van der Waals surface area contributed by atoms with Crippen LogP contribution in [0.5, 0.6) is 0 Å². The Kier molecular flexibility index (Phi) is 2.79. The van der Waals surface area contributed by atoms with Crippen LogP contribution in [0, 0.1) is 0 Å². The van der Waals surface area contributed by atoms with E-state index in [-0.39, 0.29) is 0 Å². The molecule has 5 heteroatoms. The van der Waals surface area contributed by atoms with E-state index in [2.05, 4.69) is 4.98 Å². The van der Waals surface area contributed by atoms with Crippen LogP contribution in [0.25, 0.3) is 22.2 Å². The Labute approximate surface area is 124 Å². The summed E-state index contributed by atoms with van der Waals surface area (Å²) in [6, 6.07) is 10.7. The molecule has 1 fully saturated rings. The van der Waals surface area contributed by atoms with E-state index in [1.165, 1.54) is 12.1 Å². The molecule has 1 aliphatic carbocycles. The predicted molar refractivity (Wildman–Crippen MR) is 76.4 cm³/mol. The van der Waals surface area contributed by atoms with Crippen LogP contribution < -0.4 is 0 Å². The Morgan fingerprint density at radius 2 is 1.64 bits per heavy atom. The van der Waals surface area contributed by atoms with Crippen molar-refractivity contribution >= 4 is 11.1 Å². The van der Waals surface area contributed by atoms with E-state index in [1.54, 1.807) is 0 Å². The number of hydrogen-bond donors (Lipinski definition) is 0. The Bertz CT molecular complexity index is 829. The maximum atomic E-state index is 12.6. The first-order valence-electron chi connectivity index (χ1n) is 7.09. The van der Waals surface area contributed by atoms with Crippen LogP contribution in [0.1, 0.15) is 30.2 Å². The highest BCUT2D eigenvalue weighted by Crippen LogP contribution is 2.41. The molecule has 1 heterocycles. The molecule has 22 heavy (non-hydrogen) atoms. The van der Waals surface area contributed by atoms with Crippen LogP contribution in [-0.2, 0) is 6.18 Å². The van der Waals surface area contributed by atoms with Gasteiger partial charge in [0.25, 0.3) is 0 Å². The average Bonchev–Trinajstić information content (AvgIpc) is 3.25. The molecule has 2 aromatic carbocycles. The van der Waals surface area contributed by atoms with Gasteiger partial charge in [0, 0.05) is 5.92 Å². The summed E-state index contributed by atoms with van der Waals surface area (Å²) in [6.45, 7) is 0. The van der Waals surface area contributed by atoms with Gasteiger partial charge in [-0.25, -0.2) is 4.98 Å². The Morgan fingerprint density at radius 1 is 0.955 bits per heavy atom. The maximum Gasteiger partial charge on any atom is 0.416 e. The van der Waals surface area contributed by atoms with Crippen molar-refractivity contribution in [3.05, 3.63) is 53.9 Å². The molecule has 0 radical (unpaired) electrons. The van der Waals surface area contributed by atoms with Crippen molar-refractivity contribution in [3.63, 3.8) is 0 Å². The predicted octanol–water partition coefficient (Wildman–Crippen LogP) is 5.39. The minimum Gasteiger partial charge on any atom is -0.440 e. The van der Waals surface area contributed by atoms with E-state index < -0.39 is 11.7 Å². The highest BCUT2D eigenvalue weighted by molar-refractivity contribution is 5.80. The largest absolute Gasteiger partial charge is 0.440 e. The number of benzene rings is 2. The summed E-state index contributed by atoms with van der Waals surface area (Å²) in [6.07, 6.45) is -2.09. The molecule has 0 saturated heterocycles. The van der Waals surface area contributed by atoms with Crippen molar-refractivity contribution in [1.82, 2.24) is 4.98 Å². The fraction of sp³-hybridized carbons (Fsp3) is 0.235. The van der Waals surface area contributed by atoms with E-state index in [0.717, 1.165) is 53.1 Å². The molecule has 4 rings (SSSR count). The molecule has 0 N–H and O–H groups in total. The van der Waals surface area contributed by atoms with Crippen LogP contribution in [0.3, 0.4) is 0 Å². The Hall–Kier alpha value is -2.30. The Morgan fingerprint density at radius 3 is 2.27 bits per heavy atom. The standard InChI is InChI=1S/C17H12F3NO/c18-17(19,20)13-6-3-10(4-7-13)12-5-8-15-14(9-12)21-16(22-15)11-1-2-11/h3-9,11H,1-2H2. The third-order valence-corrected chi connectivity index (χ3v) is 3.88. The van der Waals surface area contributed by atoms with Crippen molar-refractivity contribution in [2.45, 2.75) is 24.9 Å². The minimum atomic E-state index is -4.31. The highest BCUT2D eigenvalue weighted by Gasteiger charge is 2.30. The van der Waals surface area contributed by atoms with Gasteiger partial charge in [0.15, 0.2) is 11.5 Å². The van der Waals surface area contributed by atoms with E-state index in [0.29, 0.717) is 5.92 Å². The first kappa shape index (κ1) is 13.4. The summed E-state index contributed by atoms with van der Waals surface area (Å²) < 4.78 is 43.5. The SMILES string of the molecule is FC(F)(F)c1ccc(-c2ccc3oc(C4CC4)nc3c2)cc1. The topological polar surface area (TPSA) is 26.0 Å². The molecule has 3 aromatic rings. The van der Waals surface area contributed by atoms with Crippen molar-refractivity contribution in [1.29, 1.82) is 0 Å². The first-order chi connectivity index (χ1) is 10.5. The first-order valence-corrected chi connectivity index (χ1v) is 7.09. The molecule has 1 aromatic heterocycles. The van der Waals surface area contributed by atoms with Gasteiger partial charge in [0.2, 0.25) is 0 Å². The summed E-state index contributed by atoms with van der Waals surface area (Å²) in [7, 11) is 0. The number of halogens is 3. The van der Waals surface area contributed by atoms with Crippen molar-refractivity contribution in [2.75, 3.05) is 0 Å². The molecule has 1 saturated carbocycles. The smallest absolute Gasteiger partial charge is 0.416 e. The lowest BCUT2D eigenvalue weighted by molar-refractivity contribution is -0.137. The van der Waals surface area contributed by atoms with Crippen molar-refractivity contribution in [3.8, 4) is 11.1 Å². The Balaban J connectivity index is 1.70. The summed E-state index contributed by atoms with van der Waals surface area (Å²) in [5.74, 6) is 1.20. The zero-order valence-corrected chi connectivity index (χ0v) is 11.5. The monoisotopic (exact) mass is 303 g/mol. The zero-order valence-electron chi connectivity index (χ0n) is 11.5. The number of aromatic nitrogens is 1. The third-order valence-electron chi connectivity index (χ3n) is 3.88. The highest BCUT2D eigenvalue weighted by atomic mass is 19.4. The lowest BCUT2D eigenvalue weighted by Gasteiger charge is -2.07. The van der Waals surface area contributed by atoms with E-state index in [9.17, 15) is 13.2 Å². The minimum absolute atomic E-state index is 0.432. The molecule has 1 aliphatic rings. The van der Waals surface area contributed by atoms with Crippen LogP contribution in [-0.4, -0.2) is 4.98 Å². The van der Waals surface area contributed by atoms with Crippen LogP contribution in [0.4, 0.5) is 13.2 Å². The molecule has 112 valence electrons. The third kappa shape index (κ3) is 2.36. The van der Waals surface area contributed by atoms with Crippen LogP contribution in [0.2, 0.25) is 0 Å². The molecule has 0 atom stereocenters. The normalized spacial score (nSPS) is 15.4. The van der Waals surface area contributed by atoms with Gasteiger partial charge in [0.05, 0.1) is 5.56 Å². The number of nitrogens with zero attached hydrogens (tertiary/aromatic N) is 1. The van der Waals surface area contributed by atoms with Gasteiger partial charge >= 0.3 is 6.18 Å². The van der Waals surface area contributed by atoms with Gasteiger partial charge < -0.3 is 4.42 Å². The molecular formula is C17H12F3NO. The lowest BCUT2D eigenvalue weighted by Crippen LogP contribution is -2.03. The van der Waals surface area contributed by atoms with E-state index in [1.807, 2.05) is 18.2 Å². The van der Waals surface area contributed by atoms with Crippen LogP contribution >= 0.6 is 0 Å². The molecule has 2 nitrogen and oxygen atoms in total. The summed E-state index contributed by atoms with van der Waals surface area (Å²) >= 11 is 0. The zero-order chi connectivity index (χ0) is 15.3. The average molecular weight is 303 g/mol. The van der Waals surface area contributed by atoms with Gasteiger partial charge in [-0.2, -0.15) is 13.2 Å². The number of hydrogen-bond acceptors (Lipinski definition) is 2. The number of rotatable bonds is 2. The van der Waals surface area contributed by atoms with Crippen molar-refractivity contribution in [2.24, 2.45) is 0 Å². The van der Waals surface area contributed by atoms with Gasteiger partial charge in [-0.3, -0.25) is 0 Å². The second-order valence-corrected chi connectivity index (χ2v) is 5.58. The van der Waals surface area contributed by atoms with Gasteiger partial charge in [-0.15, -0.1) is 0 Å². The molecule has 0 spiro atoms. The quantitative estimate of drug-likeness (QED) is 0.634. The van der Waals surface area contributed by atoms with Crippen LogP contribution in [0.15, 0.2) is 46.9 Å². The molecule has 0 amide bonds. The summed E-state index contributed by atoms with van der Waals surface area (Å²) in [4.78, 5) is 4.47. The summed E-state index contributed by atoms with van der Waals surface area (Å²) in [5.41, 5.74) is 2.38. The van der Waals surface area contributed by atoms with E-state index >= 15 is 0 Å². The maximum absolute atomic E-state index is 12.6. The fourth-order valence-corrected chi connectivity index (χ4v) is 2.48. The summed E-state index contributed by atoms with van der Waals surface area (Å²) in [5, 5.41) is 0. The van der Waals surface area contributed by atoms with Gasteiger partial charge in [0.1, 0.15) is 5.52 Å². The second-order valence-electron chi connectivity index (χ2n) is 5.58. The lowest BCUT2D eigenvalue weighted by atomic mass is 10.0.